The molecule has 51 heavy (non-hydrogen) atoms. The van der Waals surface area contributed by atoms with Crippen LogP contribution < -0.4 is 9.47 Å². The Morgan fingerprint density at radius 1 is 0.961 bits per heavy atom. The summed E-state index contributed by atoms with van der Waals surface area (Å²) in [7, 11) is 0. The maximum atomic E-state index is 12.9. The highest BCUT2D eigenvalue weighted by atomic mass is 19.4. The van der Waals surface area contributed by atoms with Crippen molar-refractivity contribution < 1.29 is 62.2 Å². The van der Waals surface area contributed by atoms with Gasteiger partial charge in [-0.3, -0.25) is 9.59 Å². The van der Waals surface area contributed by atoms with Gasteiger partial charge in [0.15, 0.2) is 0 Å². The molecular formula is C36H44F3NO11. The SMILES string of the molecule is O=C(CCCCO[N+](=O)[O-])OCCc1ccc(OC(=O)CCC/C=C\C[C@@H]2[C@@H](/C=C/[C@@H](O)COc3cccc(C(F)(F)F)c3)[C@H](O)C[C@@H]2O)cc1. The molecule has 0 spiro atoms. The van der Waals surface area contributed by atoms with Gasteiger partial charge in [0.25, 0.3) is 5.09 Å². The summed E-state index contributed by atoms with van der Waals surface area (Å²) >= 11 is 0. The van der Waals surface area contributed by atoms with Gasteiger partial charge in [0, 0.05) is 31.6 Å². The Morgan fingerprint density at radius 2 is 1.71 bits per heavy atom. The average Bonchev–Trinajstić information content (AvgIpc) is 3.35. The molecule has 1 aliphatic carbocycles. The van der Waals surface area contributed by atoms with Crippen LogP contribution in [0.5, 0.6) is 11.5 Å². The van der Waals surface area contributed by atoms with Crippen LogP contribution in [0.1, 0.15) is 62.5 Å². The third-order valence-electron chi connectivity index (χ3n) is 8.16. The molecule has 0 heterocycles. The fraction of sp³-hybridized carbons (Fsp3) is 0.500. The number of aliphatic hydroxyl groups is 3. The van der Waals surface area contributed by atoms with Gasteiger partial charge in [0.2, 0.25) is 0 Å². The molecular weight excluding hydrogens is 679 g/mol. The molecule has 12 nitrogen and oxygen atoms in total. The topological polar surface area (TPSA) is 175 Å². The summed E-state index contributed by atoms with van der Waals surface area (Å²) in [4.78, 5) is 38.3. The summed E-state index contributed by atoms with van der Waals surface area (Å²) < 4.78 is 54.6. The average molecular weight is 724 g/mol. The van der Waals surface area contributed by atoms with Crippen LogP contribution in [0.25, 0.3) is 0 Å². The predicted octanol–water partition coefficient (Wildman–Crippen LogP) is 5.55. The minimum absolute atomic E-state index is 0.0371. The molecule has 15 heteroatoms. The first kappa shape index (κ1) is 41.0. The number of halogens is 3. The first-order valence-corrected chi connectivity index (χ1v) is 16.7. The Balaban J connectivity index is 1.31. The number of esters is 2. The number of benzene rings is 2. The van der Waals surface area contributed by atoms with E-state index in [0.717, 1.165) is 17.7 Å². The largest absolute Gasteiger partial charge is 0.491 e. The summed E-state index contributed by atoms with van der Waals surface area (Å²) in [5, 5.41) is 40.5. The summed E-state index contributed by atoms with van der Waals surface area (Å²) in [6.07, 6.45) is 2.79. The van der Waals surface area contributed by atoms with E-state index >= 15 is 0 Å². The lowest BCUT2D eigenvalue weighted by Crippen LogP contribution is -2.21. The van der Waals surface area contributed by atoms with Crippen molar-refractivity contribution in [1.82, 2.24) is 0 Å². The maximum absolute atomic E-state index is 12.9. The summed E-state index contributed by atoms with van der Waals surface area (Å²) in [5.41, 5.74) is 0.0170. The zero-order chi connectivity index (χ0) is 37.2. The van der Waals surface area contributed by atoms with Crippen molar-refractivity contribution in [1.29, 1.82) is 0 Å². The quantitative estimate of drug-likeness (QED) is 0.0368. The molecule has 2 aromatic carbocycles. The lowest BCUT2D eigenvalue weighted by molar-refractivity contribution is -0.757. The molecule has 1 saturated carbocycles. The number of carbonyl (C=O) groups excluding carboxylic acids is 2. The number of nitrogens with zero attached hydrogens (tertiary/aromatic N) is 1. The second-order valence-corrected chi connectivity index (χ2v) is 12.1. The van der Waals surface area contributed by atoms with Crippen LogP contribution in [-0.4, -0.2) is 70.5 Å². The molecule has 1 aliphatic rings. The van der Waals surface area contributed by atoms with Gasteiger partial charge in [-0.05, 0) is 73.9 Å². The number of carbonyl (C=O) groups is 2. The van der Waals surface area contributed by atoms with Crippen molar-refractivity contribution in [2.24, 2.45) is 11.8 Å². The van der Waals surface area contributed by atoms with Gasteiger partial charge in [0.05, 0.1) is 31.0 Å². The van der Waals surface area contributed by atoms with E-state index in [1.807, 2.05) is 12.2 Å². The van der Waals surface area contributed by atoms with Crippen molar-refractivity contribution in [3.8, 4) is 11.5 Å². The molecule has 0 saturated heterocycles. The second-order valence-electron chi connectivity index (χ2n) is 12.1. The minimum Gasteiger partial charge on any atom is -0.491 e. The van der Waals surface area contributed by atoms with Crippen LogP contribution in [0, 0.1) is 22.0 Å². The number of aliphatic hydroxyl groups excluding tert-OH is 3. The number of hydrogen-bond donors (Lipinski definition) is 3. The first-order valence-electron chi connectivity index (χ1n) is 16.7. The van der Waals surface area contributed by atoms with E-state index in [1.165, 1.54) is 18.2 Å². The van der Waals surface area contributed by atoms with Crippen LogP contribution in [-0.2, 0) is 31.8 Å². The third-order valence-corrected chi connectivity index (χ3v) is 8.16. The van der Waals surface area contributed by atoms with Crippen LogP contribution >= 0.6 is 0 Å². The van der Waals surface area contributed by atoms with Gasteiger partial charge in [-0.2, -0.15) is 13.2 Å². The number of hydrogen-bond acceptors (Lipinski definition) is 11. The molecule has 5 atom stereocenters. The van der Waals surface area contributed by atoms with Gasteiger partial charge in [-0.25, -0.2) is 0 Å². The van der Waals surface area contributed by atoms with E-state index in [2.05, 4.69) is 4.84 Å². The van der Waals surface area contributed by atoms with E-state index in [1.54, 1.807) is 30.3 Å². The molecule has 280 valence electrons. The van der Waals surface area contributed by atoms with Crippen LogP contribution in [0.3, 0.4) is 0 Å². The van der Waals surface area contributed by atoms with Gasteiger partial charge in [-0.1, -0.05) is 42.5 Å². The summed E-state index contributed by atoms with van der Waals surface area (Å²) in [6, 6.07) is 11.2. The standard InChI is InChI=1S/C36H44F3NO11/c37-36(38,39)26-8-7-9-29(22-26)49-24-27(41)15-18-31-30(32(42)23-33(31)43)10-3-1-2-4-12-35(45)51-28-16-13-25(14-17-28)19-21-48-34(44)11-5-6-20-50-40(46)47/h1,3,7-9,13-18,22,27,30-33,41-43H,2,4-6,10-12,19-21,23-24H2/b3-1-,18-15+/t27-,30-,31-,32+,33-/m1/s1. The number of allylic oxidation sites excluding steroid dienone is 2. The Hall–Kier alpha value is -4.47. The van der Waals surface area contributed by atoms with Crippen molar-refractivity contribution in [2.45, 2.75) is 82.3 Å². The zero-order valence-electron chi connectivity index (χ0n) is 28.0. The highest BCUT2D eigenvalue weighted by Crippen LogP contribution is 2.36. The van der Waals surface area contributed by atoms with E-state index in [0.29, 0.717) is 44.3 Å². The van der Waals surface area contributed by atoms with Crippen LogP contribution in [0.4, 0.5) is 13.2 Å². The van der Waals surface area contributed by atoms with Gasteiger partial charge >= 0.3 is 18.1 Å². The van der Waals surface area contributed by atoms with E-state index in [4.69, 9.17) is 14.2 Å². The van der Waals surface area contributed by atoms with Crippen molar-refractivity contribution in [2.75, 3.05) is 19.8 Å². The predicted molar refractivity (Wildman–Crippen MR) is 177 cm³/mol. The van der Waals surface area contributed by atoms with Crippen molar-refractivity contribution in [3.05, 3.63) is 94.1 Å². The van der Waals surface area contributed by atoms with Gasteiger partial charge in [-0.15, -0.1) is 10.1 Å². The Bertz CT molecular complexity index is 1450. The highest BCUT2D eigenvalue weighted by molar-refractivity contribution is 5.72. The smallest absolute Gasteiger partial charge is 0.416 e. The minimum atomic E-state index is -4.52. The number of alkyl halides is 3. The first-order chi connectivity index (χ1) is 24.3. The monoisotopic (exact) mass is 723 g/mol. The van der Waals surface area contributed by atoms with Crippen LogP contribution in [0.15, 0.2) is 72.8 Å². The molecule has 0 radical (unpaired) electrons. The molecule has 2 aromatic rings. The third kappa shape index (κ3) is 15.5. The van der Waals surface area contributed by atoms with E-state index in [9.17, 15) is 48.2 Å². The summed E-state index contributed by atoms with van der Waals surface area (Å²) in [6.45, 7) is -0.192. The van der Waals surface area contributed by atoms with Crippen molar-refractivity contribution in [3.63, 3.8) is 0 Å². The number of ether oxygens (including phenoxy) is 3. The van der Waals surface area contributed by atoms with Gasteiger partial charge in [0.1, 0.15) is 24.2 Å². The fourth-order valence-electron chi connectivity index (χ4n) is 5.47. The molecule has 0 aliphatic heterocycles. The lowest BCUT2D eigenvalue weighted by Gasteiger charge is -2.19. The normalized spacial score (nSPS) is 19.6. The molecule has 3 rings (SSSR count). The maximum Gasteiger partial charge on any atom is 0.416 e. The molecule has 0 aromatic heterocycles. The van der Waals surface area contributed by atoms with Crippen molar-refractivity contribution >= 4 is 11.9 Å². The zero-order valence-corrected chi connectivity index (χ0v) is 28.0. The number of unbranched alkanes of at least 4 members (excludes halogenated alkanes) is 2. The molecule has 0 bridgehead atoms. The molecule has 0 amide bonds. The molecule has 0 unspecified atom stereocenters. The second kappa shape index (κ2) is 21.0. The molecule has 1 fully saturated rings. The highest BCUT2D eigenvalue weighted by Gasteiger charge is 2.39. The lowest BCUT2D eigenvalue weighted by atomic mass is 9.89. The van der Waals surface area contributed by atoms with E-state index in [-0.39, 0.29) is 50.8 Å². The Kier molecular flexibility index (Phi) is 16.9. The molecule has 3 N–H and O–H groups in total. The fourth-order valence-corrected chi connectivity index (χ4v) is 5.47. The number of rotatable bonds is 21. The van der Waals surface area contributed by atoms with E-state index < -0.39 is 53.0 Å². The van der Waals surface area contributed by atoms with Crippen LogP contribution in [0.2, 0.25) is 0 Å². The Morgan fingerprint density at radius 3 is 2.43 bits per heavy atom. The Labute approximate surface area is 293 Å². The van der Waals surface area contributed by atoms with Gasteiger partial charge < -0.3 is 34.4 Å². The summed E-state index contributed by atoms with van der Waals surface area (Å²) in [5.74, 6) is -1.22.